The first-order chi connectivity index (χ1) is 31.3. The minimum Gasteiger partial charge on any atom is -0.307 e. The fourth-order valence-corrected chi connectivity index (χ4v) is 10.7. The summed E-state index contributed by atoms with van der Waals surface area (Å²) in [5.74, 6) is 1.82. The van der Waals surface area contributed by atoms with Gasteiger partial charge in [-0.05, 0) is 47.0 Å². The van der Waals surface area contributed by atoms with E-state index >= 15 is 0 Å². The van der Waals surface area contributed by atoms with E-state index in [1.54, 1.807) is 11.3 Å². The van der Waals surface area contributed by atoms with Crippen LogP contribution in [0.2, 0.25) is 0 Å². The van der Waals surface area contributed by atoms with E-state index in [-0.39, 0.29) is 0 Å². The average molecular weight is 822 g/mol. The van der Waals surface area contributed by atoms with Crippen LogP contribution in [0.25, 0.3) is 120 Å². The van der Waals surface area contributed by atoms with Crippen LogP contribution in [0.15, 0.2) is 212 Å². The van der Waals surface area contributed by atoms with Crippen molar-refractivity contribution in [1.82, 2.24) is 24.1 Å². The highest BCUT2D eigenvalue weighted by molar-refractivity contribution is 7.25. The number of benzene rings is 9. The first-order valence-electron chi connectivity index (χ1n) is 21.2. The fourth-order valence-electron chi connectivity index (χ4n) is 9.61. The molecule has 5 nitrogen and oxygen atoms in total. The van der Waals surface area contributed by atoms with Gasteiger partial charge in [0.15, 0.2) is 11.6 Å². The van der Waals surface area contributed by atoms with Crippen LogP contribution >= 0.6 is 11.3 Å². The molecule has 0 fully saturated rings. The standard InChI is InChI=1S/C57H35N5S/c1-3-16-36(17-4-1)37-30-32-38(33-31-37)40-20-7-11-25-47(40)61-48-26-12-8-21-41(48)43-34-35-44-42-22-9-13-27-49(42)62(54(44)53(43)61)57-59-55(39-18-5-2-6-19-39)58-56(60-57)46-24-15-29-51-52(46)45-23-10-14-28-50(45)63-51/h1-35H. The molecule has 0 atom stereocenters. The highest BCUT2D eigenvalue weighted by Crippen LogP contribution is 2.44. The molecule has 0 saturated heterocycles. The summed E-state index contributed by atoms with van der Waals surface area (Å²) in [6.07, 6.45) is 0. The molecular formula is C57H35N5S. The van der Waals surface area contributed by atoms with E-state index in [1.165, 1.54) is 31.3 Å². The monoisotopic (exact) mass is 821 g/mol. The fraction of sp³-hybridized carbons (Fsp3) is 0. The van der Waals surface area contributed by atoms with Gasteiger partial charge in [0, 0.05) is 58.4 Å². The van der Waals surface area contributed by atoms with Crippen LogP contribution < -0.4 is 0 Å². The maximum atomic E-state index is 5.51. The van der Waals surface area contributed by atoms with Crippen molar-refractivity contribution in [1.29, 1.82) is 0 Å². The molecule has 4 aromatic heterocycles. The van der Waals surface area contributed by atoms with Crippen LogP contribution in [-0.4, -0.2) is 24.1 Å². The SMILES string of the molecule is c1ccc(-c2ccc(-c3ccccc3-n3c4ccccc4c4ccc5c6ccccc6n(-c6nc(-c7ccccc7)nc(-c7cccc8sc9ccccc9c78)n6)c5c43)cc2)cc1. The van der Waals surface area contributed by atoms with E-state index in [0.29, 0.717) is 17.6 Å². The Balaban J connectivity index is 1.13. The van der Waals surface area contributed by atoms with Gasteiger partial charge in [0.05, 0.1) is 27.8 Å². The number of thiophene rings is 1. The quantitative estimate of drug-likeness (QED) is 0.168. The smallest absolute Gasteiger partial charge is 0.238 e. The second-order valence-electron chi connectivity index (χ2n) is 15.9. The van der Waals surface area contributed by atoms with E-state index < -0.39 is 0 Å². The Morgan fingerprint density at radius 1 is 0.317 bits per heavy atom. The van der Waals surface area contributed by atoms with Gasteiger partial charge in [-0.3, -0.25) is 4.57 Å². The van der Waals surface area contributed by atoms with Crippen molar-refractivity contribution < 1.29 is 0 Å². The Hall–Kier alpha value is -8.19. The first kappa shape index (κ1) is 35.6. The number of rotatable bonds is 6. The summed E-state index contributed by atoms with van der Waals surface area (Å²) < 4.78 is 7.18. The van der Waals surface area contributed by atoms with Gasteiger partial charge in [-0.15, -0.1) is 11.3 Å². The van der Waals surface area contributed by atoms with Gasteiger partial charge in [0.2, 0.25) is 5.95 Å². The molecule has 0 unspecified atom stereocenters. The number of para-hydroxylation sites is 3. The molecule has 0 saturated carbocycles. The van der Waals surface area contributed by atoms with Crippen molar-refractivity contribution in [2.24, 2.45) is 0 Å². The van der Waals surface area contributed by atoms with Crippen molar-refractivity contribution in [3.05, 3.63) is 212 Å². The summed E-state index contributed by atoms with van der Waals surface area (Å²) in [5, 5.41) is 6.95. The summed E-state index contributed by atoms with van der Waals surface area (Å²) in [5.41, 5.74) is 12.0. The van der Waals surface area contributed by atoms with Gasteiger partial charge in [-0.25, -0.2) is 4.98 Å². The summed E-state index contributed by atoms with van der Waals surface area (Å²) in [7, 11) is 0. The average Bonchev–Trinajstić information content (AvgIpc) is 4.02. The minimum absolute atomic E-state index is 0.565. The van der Waals surface area contributed by atoms with Gasteiger partial charge >= 0.3 is 0 Å². The normalized spacial score (nSPS) is 11.8. The Morgan fingerprint density at radius 2 is 0.841 bits per heavy atom. The number of fused-ring (bicyclic) bond motifs is 10. The van der Waals surface area contributed by atoms with Crippen LogP contribution in [0, 0.1) is 0 Å². The maximum Gasteiger partial charge on any atom is 0.238 e. The molecule has 0 bridgehead atoms. The van der Waals surface area contributed by atoms with Gasteiger partial charge < -0.3 is 4.57 Å². The van der Waals surface area contributed by atoms with Crippen LogP contribution in [-0.2, 0) is 0 Å². The third-order valence-electron chi connectivity index (χ3n) is 12.4. The Morgan fingerprint density at radius 3 is 1.59 bits per heavy atom. The number of aromatic nitrogens is 5. The largest absolute Gasteiger partial charge is 0.307 e. The Kier molecular flexibility index (Phi) is 8.01. The highest BCUT2D eigenvalue weighted by Gasteiger charge is 2.25. The molecular weight excluding hydrogens is 787 g/mol. The highest BCUT2D eigenvalue weighted by atomic mass is 32.1. The lowest BCUT2D eigenvalue weighted by Gasteiger charge is -2.16. The minimum atomic E-state index is 0.565. The third kappa shape index (κ3) is 5.59. The summed E-state index contributed by atoms with van der Waals surface area (Å²) in [6.45, 7) is 0. The molecule has 294 valence electrons. The summed E-state index contributed by atoms with van der Waals surface area (Å²) >= 11 is 1.80. The van der Waals surface area contributed by atoms with Gasteiger partial charge in [-0.2, -0.15) is 9.97 Å². The predicted octanol–water partition coefficient (Wildman–Crippen LogP) is 15.1. The molecule has 4 heterocycles. The van der Waals surface area contributed by atoms with Crippen molar-refractivity contribution in [3.63, 3.8) is 0 Å². The van der Waals surface area contributed by atoms with E-state index in [4.69, 9.17) is 15.0 Å². The first-order valence-corrected chi connectivity index (χ1v) is 22.0. The number of hydrogen-bond donors (Lipinski definition) is 0. The zero-order valence-electron chi connectivity index (χ0n) is 33.9. The van der Waals surface area contributed by atoms with E-state index in [1.807, 2.05) is 18.2 Å². The van der Waals surface area contributed by atoms with E-state index in [0.717, 1.165) is 71.6 Å². The van der Waals surface area contributed by atoms with Crippen LogP contribution in [0.1, 0.15) is 0 Å². The number of nitrogens with zero attached hydrogens (tertiary/aromatic N) is 5. The Labute approximate surface area is 366 Å². The van der Waals surface area contributed by atoms with Crippen molar-refractivity contribution in [2.45, 2.75) is 0 Å². The number of hydrogen-bond acceptors (Lipinski definition) is 4. The van der Waals surface area contributed by atoms with Gasteiger partial charge in [0.1, 0.15) is 0 Å². The topological polar surface area (TPSA) is 48.5 Å². The molecule has 6 heteroatoms. The maximum absolute atomic E-state index is 5.51. The molecule has 0 spiro atoms. The lowest BCUT2D eigenvalue weighted by atomic mass is 9.99. The molecule has 0 aliphatic carbocycles. The molecule has 0 aliphatic rings. The predicted molar refractivity (Wildman–Crippen MR) is 263 cm³/mol. The van der Waals surface area contributed by atoms with Crippen molar-refractivity contribution in [3.8, 4) is 56.7 Å². The third-order valence-corrected chi connectivity index (χ3v) is 13.6. The van der Waals surface area contributed by atoms with Crippen LogP contribution in [0.3, 0.4) is 0 Å². The zero-order chi connectivity index (χ0) is 41.4. The van der Waals surface area contributed by atoms with Crippen LogP contribution in [0.4, 0.5) is 0 Å². The molecule has 13 rings (SSSR count). The van der Waals surface area contributed by atoms with E-state index in [9.17, 15) is 0 Å². The molecule has 0 N–H and O–H groups in total. The molecule has 9 aromatic carbocycles. The molecule has 63 heavy (non-hydrogen) atoms. The molecule has 0 radical (unpaired) electrons. The second kappa shape index (κ2) is 14.2. The summed E-state index contributed by atoms with van der Waals surface area (Å²) in [4.78, 5) is 16.2. The van der Waals surface area contributed by atoms with Crippen molar-refractivity contribution in [2.75, 3.05) is 0 Å². The lowest BCUT2D eigenvalue weighted by molar-refractivity contribution is 0.954. The van der Waals surface area contributed by atoms with Crippen LogP contribution in [0.5, 0.6) is 0 Å². The molecule has 13 aromatic rings. The molecule has 0 aliphatic heterocycles. The zero-order valence-corrected chi connectivity index (χ0v) is 34.7. The Bertz CT molecular complexity index is 3900. The van der Waals surface area contributed by atoms with E-state index in [2.05, 4.69) is 203 Å². The summed E-state index contributed by atoms with van der Waals surface area (Å²) in [6, 6.07) is 75.6. The molecule has 0 amide bonds. The van der Waals surface area contributed by atoms with Gasteiger partial charge in [-0.1, -0.05) is 182 Å². The van der Waals surface area contributed by atoms with Crippen molar-refractivity contribution >= 4 is 75.1 Å². The van der Waals surface area contributed by atoms with Gasteiger partial charge in [0.25, 0.3) is 0 Å². The second-order valence-corrected chi connectivity index (χ2v) is 17.0. The lowest BCUT2D eigenvalue weighted by Crippen LogP contribution is -2.07.